The molecule has 0 aliphatic carbocycles. The first-order valence-electron chi connectivity index (χ1n) is 6.04. The van der Waals surface area contributed by atoms with Crippen LogP contribution in [-0.2, 0) is 11.0 Å². The van der Waals surface area contributed by atoms with Crippen molar-refractivity contribution in [3.63, 3.8) is 0 Å². The maximum Gasteiger partial charge on any atom is 0.418 e. The van der Waals surface area contributed by atoms with Crippen molar-refractivity contribution in [1.29, 1.82) is 0 Å². The number of anilines is 1. The largest absolute Gasteiger partial charge is 0.418 e. The Kier molecular flexibility index (Phi) is 5.59. The van der Waals surface area contributed by atoms with E-state index in [1.807, 2.05) is 0 Å². The van der Waals surface area contributed by atoms with Gasteiger partial charge in [0.1, 0.15) is 0 Å². The molecule has 0 saturated carbocycles. The highest BCUT2D eigenvalue weighted by Gasteiger charge is 2.34. The molecule has 0 saturated heterocycles. The van der Waals surface area contributed by atoms with Crippen LogP contribution >= 0.6 is 15.9 Å². The van der Waals surface area contributed by atoms with E-state index in [1.54, 1.807) is 13.8 Å². The molecule has 0 aliphatic rings. The van der Waals surface area contributed by atoms with Gasteiger partial charge in [0.2, 0.25) is 5.91 Å². The molecule has 0 bridgehead atoms. The maximum atomic E-state index is 12.9. The molecular weight excluding hydrogens is 337 g/mol. The fourth-order valence-electron chi connectivity index (χ4n) is 1.77. The van der Waals surface area contributed by atoms with Crippen molar-refractivity contribution >= 4 is 27.5 Å². The molecule has 1 atom stereocenters. The summed E-state index contributed by atoms with van der Waals surface area (Å²) in [5.74, 6) is -1.08. The van der Waals surface area contributed by atoms with Crippen LogP contribution in [0.15, 0.2) is 22.7 Å². The van der Waals surface area contributed by atoms with E-state index in [1.165, 1.54) is 12.1 Å². The number of carbonyl (C=O) groups is 1. The number of amides is 1. The van der Waals surface area contributed by atoms with Gasteiger partial charge >= 0.3 is 6.18 Å². The molecule has 0 spiro atoms. The molecule has 1 rings (SSSR count). The predicted molar refractivity (Wildman–Crippen MR) is 75.2 cm³/mol. The standard InChI is InChI=1S/C13H16BrF3N2O/c1-7(2)9(6-18)12(20)19-11-4-3-8(14)5-10(11)13(15,16)17/h3-5,7,9H,6,18H2,1-2H3,(H,19,20). The summed E-state index contributed by atoms with van der Waals surface area (Å²) in [6, 6.07) is 3.60. The summed E-state index contributed by atoms with van der Waals surface area (Å²) < 4.78 is 39.1. The molecule has 0 heterocycles. The summed E-state index contributed by atoms with van der Waals surface area (Å²) >= 11 is 2.99. The van der Waals surface area contributed by atoms with Crippen molar-refractivity contribution in [2.24, 2.45) is 17.6 Å². The molecule has 112 valence electrons. The fraction of sp³-hybridized carbons (Fsp3) is 0.462. The third kappa shape index (κ3) is 4.21. The highest BCUT2D eigenvalue weighted by atomic mass is 79.9. The third-order valence-electron chi connectivity index (χ3n) is 2.94. The van der Waals surface area contributed by atoms with Gasteiger partial charge in [-0.1, -0.05) is 29.8 Å². The van der Waals surface area contributed by atoms with E-state index in [2.05, 4.69) is 21.2 Å². The number of nitrogens with one attached hydrogen (secondary N) is 1. The Morgan fingerprint density at radius 1 is 1.40 bits per heavy atom. The van der Waals surface area contributed by atoms with Gasteiger partial charge in [-0.3, -0.25) is 4.79 Å². The zero-order valence-electron chi connectivity index (χ0n) is 11.1. The van der Waals surface area contributed by atoms with E-state index in [-0.39, 0.29) is 18.2 Å². The number of hydrogen-bond donors (Lipinski definition) is 2. The van der Waals surface area contributed by atoms with Gasteiger partial charge in [0.15, 0.2) is 0 Å². The average Bonchev–Trinajstić information content (AvgIpc) is 2.30. The number of nitrogens with two attached hydrogens (primary N) is 1. The molecule has 1 unspecified atom stereocenters. The van der Waals surface area contributed by atoms with Crippen LogP contribution < -0.4 is 11.1 Å². The highest BCUT2D eigenvalue weighted by molar-refractivity contribution is 9.10. The van der Waals surface area contributed by atoms with Crippen molar-refractivity contribution in [3.8, 4) is 0 Å². The second-order valence-electron chi connectivity index (χ2n) is 4.76. The van der Waals surface area contributed by atoms with E-state index in [4.69, 9.17) is 5.73 Å². The second-order valence-corrected chi connectivity index (χ2v) is 5.68. The summed E-state index contributed by atoms with van der Waals surface area (Å²) in [6.07, 6.45) is -4.54. The molecule has 0 aliphatic heterocycles. The smallest absolute Gasteiger partial charge is 0.330 e. The van der Waals surface area contributed by atoms with Gasteiger partial charge < -0.3 is 11.1 Å². The predicted octanol–water partition coefficient (Wildman–Crippen LogP) is 3.64. The summed E-state index contributed by atoms with van der Waals surface area (Å²) in [6.45, 7) is 3.67. The Labute approximate surface area is 123 Å². The number of hydrogen-bond acceptors (Lipinski definition) is 2. The number of alkyl halides is 3. The number of carbonyl (C=O) groups excluding carboxylic acids is 1. The van der Waals surface area contributed by atoms with Crippen molar-refractivity contribution in [1.82, 2.24) is 0 Å². The normalized spacial score (nSPS) is 13.4. The zero-order valence-corrected chi connectivity index (χ0v) is 12.7. The lowest BCUT2D eigenvalue weighted by Gasteiger charge is -2.20. The lowest BCUT2D eigenvalue weighted by molar-refractivity contribution is -0.137. The monoisotopic (exact) mass is 352 g/mol. The van der Waals surface area contributed by atoms with Gasteiger partial charge in [0.25, 0.3) is 0 Å². The third-order valence-corrected chi connectivity index (χ3v) is 3.43. The summed E-state index contributed by atoms with van der Waals surface area (Å²) in [4.78, 5) is 12.0. The second kappa shape index (κ2) is 6.58. The van der Waals surface area contributed by atoms with Gasteiger partial charge in [0.05, 0.1) is 17.2 Å². The van der Waals surface area contributed by atoms with E-state index in [9.17, 15) is 18.0 Å². The lowest BCUT2D eigenvalue weighted by Crippen LogP contribution is -2.33. The first-order chi connectivity index (χ1) is 9.16. The molecule has 7 heteroatoms. The minimum atomic E-state index is -4.54. The van der Waals surface area contributed by atoms with Gasteiger partial charge in [-0.05, 0) is 24.1 Å². The van der Waals surface area contributed by atoms with Crippen molar-refractivity contribution in [2.45, 2.75) is 20.0 Å². The first kappa shape index (κ1) is 17.0. The zero-order chi connectivity index (χ0) is 15.5. The van der Waals surface area contributed by atoms with E-state index in [0.717, 1.165) is 6.07 Å². The Hall–Kier alpha value is -1.08. The Morgan fingerprint density at radius 2 is 2.00 bits per heavy atom. The molecule has 1 aromatic rings. The van der Waals surface area contributed by atoms with Gasteiger partial charge in [-0.2, -0.15) is 13.2 Å². The van der Waals surface area contributed by atoms with Crippen LogP contribution in [0.5, 0.6) is 0 Å². The van der Waals surface area contributed by atoms with Crippen LogP contribution in [-0.4, -0.2) is 12.5 Å². The van der Waals surface area contributed by atoms with Crippen molar-refractivity contribution in [3.05, 3.63) is 28.2 Å². The number of halogens is 4. The van der Waals surface area contributed by atoms with Gasteiger partial charge in [0, 0.05) is 11.0 Å². The van der Waals surface area contributed by atoms with E-state index >= 15 is 0 Å². The Balaban J connectivity index is 3.07. The SMILES string of the molecule is CC(C)C(CN)C(=O)Nc1ccc(Br)cc1C(F)(F)F. The van der Waals surface area contributed by atoms with Crippen LogP contribution in [0.25, 0.3) is 0 Å². The molecule has 0 fully saturated rings. The first-order valence-corrected chi connectivity index (χ1v) is 6.83. The molecule has 20 heavy (non-hydrogen) atoms. The topological polar surface area (TPSA) is 55.1 Å². The van der Waals surface area contributed by atoms with Crippen LogP contribution in [0.1, 0.15) is 19.4 Å². The Bertz CT molecular complexity index is 489. The van der Waals surface area contributed by atoms with Gasteiger partial charge in [-0.15, -0.1) is 0 Å². The van der Waals surface area contributed by atoms with Crippen LogP contribution in [0.3, 0.4) is 0 Å². The summed E-state index contributed by atoms with van der Waals surface area (Å²) in [7, 11) is 0. The number of rotatable bonds is 4. The molecule has 3 N–H and O–H groups in total. The van der Waals surface area contributed by atoms with Gasteiger partial charge in [-0.25, -0.2) is 0 Å². The average molecular weight is 353 g/mol. The molecule has 1 aromatic carbocycles. The van der Waals surface area contributed by atoms with Crippen LogP contribution in [0.4, 0.5) is 18.9 Å². The van der Waals surface area contributed by atoms with Crippen LogP contribution in [0, 0.1) is 11.8 Å². The maximum absolute atomic E-state index is 12.9. The minimum absolute atomic E-state index is 0.0511. The van der Waals surface area contributed by atoms with E-state index < -0.39 is 23.6 Å². The quantitative estimate of drug-likeness (QED) is 0.869. The van der Waals surface area contributed by atoms with Crippen LogP contribution in [0.2, 0.25) is 0 Å². The molecule has 0 radical (unpaired) electrons. The molecular formula is C13H16BrF3N2O. The van der Waals surface area contributed by atoms with Crippen molar-refractivity contribution < 1.29 is 18.0 Å². The Morgan fingerprint density at radius 3 is 2.45 bits per heavy atom. The van der Waals surface area contributed by atoms with E-state index in [0.29, 0.717) is 4.47 Å². The molecule has 0 aromatic heterocycles. The molecule has 1 amide bonds. The fourth-order valence-corrected chi connectivity index (χ4v) is 2.13. The highest BCUT2D eigenvalue weighted by Crippen LogP contribution is 2.36. The number of benzene rings is 1. The van der Waals surface area contributed by atoms with Crippen molar-refractivity contribution in [2.75, 3.05) is 11.9 Å². The summed E-state index contributed by atoms with van der Waals surface area (Å²) in [5, 5.41) is 2.32. The molecule has 3 nitrogen and oxygen atoms in total. The lowest BCUT2D eigenvalue weighted by atomic mass is 9.95. The summed E-state index contributed by atoms with van der Waals surface area (Å²) in [5.41, 5.74) is 4.34. The minimum Gasteiger partial charge on any atom is -0.330 e.